The van der Waals surface area contributed by atoms with Crippen LogP contribution in [-0.4, -0.2) is 33.2 Å². The van der Waals surface area contributed by atoms with Crippen LogP contribution in [0.15, 0.2) is 36.0 Å². The summed E-state index contributed by atoms with van der Waals surface area (Å²) >= 11 is 1.40. The molecule has 1 aromatic carbocycles. The van der Waals surface area contributed by atoms with E-state index in [1.165, 1.54) is 11.8 Å². The normalized spacial score (nSPS) is 15.1. The molecule has 1 fully saturated rings. The quantitative estimate of drug-likeness (QED) is 0.567. The largest absolute Gasteiger partial charge is 0.454 e. The van der Waals surface area contributed by atoms with Gasteiger partial charge in [0.2, 0.25) is 12.7 Å². The fourth-order valence-corrected chi connectivity index (χ4v) is 3.57. The number of carbonyl (C=O) groups is 1. The van der Waals surface area contributed by atoms with Crippen molar-refractivity contribution in [1.29, 1.82) is 0 Å². The molecule has 1 amide bonds. The van der Waals surface area contributed by atoms with Crippen molar-refractivity contribution in [2.75, 3.05) is 12.5 Å². The molecule has 0 unspecified atom stereocenters. The summed E-state index contributed by atoms with van der Waals surface area (Å²) in [5.74, 6) is 3.23. The summed E-state index contributed by atoms with van der Waals surface area (Å²) in [5, 5.41) is 12.2. The molecule has 0 spiro atoms. The maximum Gasteiger partial charge on any atom is 0.231 e. The number of benzene rings is 1. The van der Waals surface area contributed by atoms with Crippen molar-refractivity contribution < 1.29 is 14.3 Å². The van der Waals surface area contributed by atoms with E-state index in [1.807, 2.05) is 24.3 Å². The number of ether oxygens (including phenoxy) is 2. The minimum Gasteiger partial charge on any atom is -0.454 e. The number of hydrogen-bond acceptors (Lipinski definition) is 6. The topological polar surface area (TPSA) is 78.3 Å². The molecule has 136 valence electrons. The first kappa shape index (κ1) is 17.0. The molecule has 0 atom stereocenters. The zero-order valence-electron chi connectivity index (χ0n) is 14.3. The molecule has 0 radical (unpaired) electrons. The molecule has 2 aliphatic rings. The Morgan fingerprint density at radius 1 is 1.35 bits per heavy atom. The Morgan fingerprint density at radius 3 is 3.00 bits per heavy atom. The van der Waals surface area contributed by atoms with Gasteiger partial charge in [-0.2, -0.15) is 0 Å². The summed E-state index contributed by atoms with van der Waals surface area (Å²) in [7, 11) is 0. The number of fused-ring (bicyclic) bond motifs is 1. The zero-order chi connectivity index (χ0) is 17.9. The van der Waals surface area contributed by atoms with Crippen LogP contribution in [0.2, 0.25) is 0 Å². The van der Waals surface area contributed by atoms with E-state index in [4.69, 9.17) is 9.47 Å². The lowest BCUT2D eigenvalue weighted by Crippen LogP contribution is -2.24. The Labute approximate surface area is 155 Å². The summed E-state index contributed by atoms with van der Waals surface area (Å²) in [6.07, 6.45) is 4.16. The smallest absolute Gasteiger partial charge is 0.231 e. The lowest BCUT2D eigenvalue weighted by molar-refractivity contribution is -0.118. The third kappa shape index (κ3) is 3.70. The van der Waals surface area contributed by atoms with Gasteiger partial charge in [0.25, 0.3) is 0 Å². The third-order valence-corrected chi connectivity index (χ3v) is 5.23. The first-order valence-electron chi connectivity index (χ1n) is 8.56. The Bertz CT molecular complexity index is 832. The predicted octanol–water partition coefficient (Wildman–Crippen LogP) is 2.48. The van der Waals surface area contributed by atoms with E-state index in [9.17, 15) is 4.79 Å². The molecule has 1 aliphatic carbocycles. The molecular weight excluding hydrogens is 352 g/mol. The van der Waals surface area contributed by atoms with Gasteiger partial charge in [0, 0.05) is 19.0 Å². The lowest BCUT2D eigenvalue weighted by Gasteiger charge is -2.08. The van der Waals surface area contributed by atoms with Gasteiger partial charge in [0.05, 0.1) is 5.75 Å². The molecule has 1 aliphatic heterocycles. The van der Waals surface area contributed by atoms with Crippen molar-refractivity contribution >= 4 is 17.7 Å². The monoisotopic (exact) mass is 372 g/mol. The second kappa shape index (κ2) is 7.41. The summed E-state index contributed by atoms with van der Waals surface area (Å²) in [6, 6.07) is 5.66. The van der Waals surface area contributed by atoms with Gasteiger partial charge in [-0.25, -0.2) is 0 Å². The Kier molecular flexibility index (Phi) is 4.83. The predicted molar refractivity (Wildman–Crippen MR) is 97.3 cm³/mol. The summed E-state index contributed by atoms with van der Waals surface area (Å²) in [5.41, 5.74) is 0.971. The van der Waals surface area contributed by atoms with E-state index in [2.05, 4.69) is 26.7 Å². The van der Waals surface area contributed by atoms with Crippen LogP contribution >= 0.6 is 11.8 Å². The highest BCUT2D eigenvalue weighted by molar-refractivity contribution is 7.99. The van der Waals surface area contributed by atoms with Crippen LogP contribution in [0.1, 0.15) is 30.1 Å². The summed E-state index contributed by atoms with van der Waals surface area (Å²) in [6.45, 7) is 5.16. The Balaban J connectivity index is 1.31. The van der Waals surface area contributed by atoms with Gasteiger partial charge in [0.15, 0.2) is 16.7 Å². The number of nitrogens with zero attached hydrogens (tertiary/aromatic N) is 3. The number of rotatable bonds is 8. The maximum absolute atomic E-state index is 12.2. The number of aromatic nitrogens is 3. The minimum atomic E-state index is -0.0474. The molecular formula is C18H20N4O3S. The third-order valence-electron chi connectivity index (χ3n) is 4.26. The molecule has 1 N–H and O–H groups in total. The highest BCUT2D eigenvalue weighted by atomic mass is 32.2. The van der Waals surface area contributed by atoms with Crippen molar-refractivity contribution in [3.63, 3.8) is 0 Å². The highest BCUT2D eigenvalue weighted by Crippen LogP contribution is 2.40. The van der Waals surface area contributed by atoms with Crippen molar-refractivity contribution in [2.45, 2.75) is 37.0 Å². The van der Waals surface area contributed by atoms with Gasteiger partial charge in [-0.05, 0) is 30.5 Å². The number of allylic oxidation sites excluding steroid dienone is 1. The van der Waals surface area contributed by atoms with Crippen LogP contribution in [-0.2, 0) is 17.9 Å². The number of nitrogens with one attached hydrogen (secondary N) is 1. The molecule has 8 heteroatoms. The molecule has 7 nitrogen and oxygen atoms in total. The standard InChI is InChI=1S/C18H20N4O3S/c1-2-7-22-17(13-4-5-13)20-21-18(22)26-10-16(23)19-9-12-3-6-14-15(8-12)25-11-24-14/h2-3,6,8,13H,1,4-5,7,9-11H2,(H,19,23). The van der Waals surface area contributed by atoms with E-state index in [1.54, 1.807) is 0 Å². The number of amides is 1. The number of thioether (sulfide) groups is 1. The van der Waals surface area contributed by atoms with Gasteiger partial charge < -0.3 is 19.4 Å². The van der Waals surface area contributed by atoms with Crippen LogP contribution < -0.4 is 14.8 Å². The fraction of sp³-hybridized carbons (Fsp3) is 0.389. The van der Waals surface area contributed by atoms with Crippen LogP contribution in [0.5, 0.6) is 11.5 Å². The molecule has 0 bridgehead atoms. The van der Waals surface area contributed by atoms with Crippen molar-refractivity contribution in [1.82, 2.24) is 20.1 Å². The van der Waals surface area contributed by atoms with Crippen molar-refractivity contribution in [3.05, 3.63) is 42.2 Å². The molecule has 2 heterocycles. The molecule has 1 aromatic heterocycles. The number of hydrogen-bond donors (Lipinski definition) is 1. The van der Waals surface area contributed by atoms with Gasteiger partial charge in [-0.1, -0.05) is 23.9 Å². The second-order valence-corrected chi connectivity index (χ2v) is 7.21. The fourth-order valence-electron chi connectivity index (χ4n) is 2.78. The van der Waals surface area contributed by atoms with Crippen molar-refractivity contribution in [3.8, 4) is 11.5 Å². The first-order valence-corrected chi connectivity index (χ1v) is 9.55. The summed E-state index contributed by atoms with van der Waals surface area (Å²) < 4.78 is 12.7. The highest BCUT2D eigenvalue weighted by Gasteiger charge is 2.30. The van der Waals surface area contributed by atoms with Crippen LogP contribution in [0.25, 0.3) is 0 Å². The Morgan fingerprint density at radius 2 is 2.19 bits per heavy atom. The van der Waals surface area contributed by atoms with Crippen LogP contribution in [0.4, 0.5) is 0 Å². The Hall–Kier alpha value is -2.48. The van der Waals surface area contributed by atoms with E-state index in [-0.39, 0.29) is 12.7 Å². The first-order chi connectivity index (χ1) is 12.7. The van der Waals surface area contributed by atoms with Gasteiger partial charge in [0.1, 0.15) is 5.82 Å². The van der Waals surface area contributed by atoms with E-state index in [0.717, 1.165) is 40.9 Å². The molecule has 2 aromatic rings. The SMILES string of the molecule is C=CCn1c(SCC(=O)NCc2ccc3c(c2)OCO3)nnc1C1CC1. The summed E-state index contributed by atoms with van der Waals surface area (Å²) in [4.78, 5) is 12.2. The van der Waals surface area contributed by atoms with Gasteiger partial charge >= 0.3 is 0 Å². The molecule has 26 heavy (non-hydrogen) atoms. The number of carbonyl (C=O) groups excluding carboxylic acids is 1. The van der Waals surface area contributed by atoms with E-state index < -0.39 is 0 Å². The van der Waals surface area contributed by atoms with Gasteiger partial charge in [-0.15, -0.1) is 16.8 Å². The molecule has 4 rings (SSSR count). The van der Waals surface area contributed by atoms with Crippen LogP contribution in [0.3, 0.4) is 0 Å². The second-order valence-electron chi connectivity index (χ2n) is 6.27. The average Bonchev–Trinajstić information content (AvgIpc) is 3.25. The molecule has 1 saturated carbocycles. The lowest BCUT2D eigenvalue weighted by atomic mass is 10.2. The van der Waals surface area contributed by atoms with E-state index in [0.29, 0.717) is 24.8 Å². The van der Waals surface area contributed by atoms with Gasteiger partial charge in [-0.3, -0.25) is 4.79 Å². The van der Waals surface area contributed by atoms with Crippen molar-refractivity contribution in [2.24, 2.45) is 0 Å². The molecule has 0 saturated heterocycles. The van der Waals surface area contributed by atoms with Crippen LogP contribution in [0, 0.1) is 0 Å². The zero-order valence-corrected chi connectivity index (χ0v) is 15.1. The van der Waals surface area contributed by atoms with E-state index >= 15 is 0 Å². The average molecular weight is 372 g/mol. The maximum atomic E-state index is 12.2. The minimum absolute atomic E-state index is 0.0474.